The van der Waals surface area contributed by atoms with E-state index in [1.165, 1.54) is 6.92 Å². The molecule has 2 aromatic rings. The van der Waals surface area contributed by atoms with Crippen LogP contribution in [0.3, 0.4) is 0 Å². The normalized spacial score (nSPS) is 12.4. The lowest BCUT2D eigenvalue weighted by Crippen LogP contribution is -2.30. The molecular weight excluding hydrogens is 380 g/mol. The van der Waals surface area contributed by atoms with Gasteiger partial charge in [0.25, 0.3) is 0 Å². The molecule has 0 bridgehead atoms. The van der Waals surface area contributed by atoms with Crippen molar-refractivity contribution in [2.75, 3.05) is 5.48 Å². The van der Waals surface area contributed by atoms with E-state index in [1.807, 2.05) is 5.48 Å². The third kappa shape index (κ3) is 5.28. The number of ether oxygens (including phenoxy) is 1. The minimum Gasteiger partial charge on any atom is -0.479 e. The predicted molar refractivity (Wildman–Crippen MR) is 82.2 cm³/mol. The van der Waals surface area contributed by atoms with Crippen LogP contribution in [0, 0.1) is 17.5 Å². The minimum atomic E-state index is -4.87. The summed E-state index contributed by atoms with van der Waals surface area (Å²) in [6.45, 7) is 1.50. The van der Waals surface area contributed by atoms with Crippen LogP contribution in [0.4, 0.5) is 32.0 Å². The molecule has 1 N–H and O–H groups in total. The van der Waals surface area contributed by atoms with Crippen molar-refractivity contribution in [1.82, 2.24) is 0 Å². The first-order valence-electron chi connectivity index (χ1n) is 7.57. The van der Waals surface area contributed by atoms with Gasteiger partial charge in [0, 0.05) is 12.1 Å². The Morgan fingerprint density at radius 2 is 1.78 bits per heavy atom. The van der Waals surface area contributed by atoms with Crippen molar-refractivity contribution in [3.8, 4) is 5.75 Å². The summed E-state index contributed by atoms with van der Waals surface area (Å²) in [4.78, 5) is 16.6. The molecule has 0 unspecified atom stereocenters. The van der Waals surface area contributed by atoms with E-state index in [2.05, 4.69) is 4.84 Å². The fourth-order valence-electron chi connectivity index (χ4n) is 2.00. The van der Waals surface area contributed by atoms with E-state index in [1.54, 1.807) is 0 Å². The molecule has 10 heteroatoms. The Bertz CT molecular complexity index is 825. The first kappa shape index (κ1) is 20.4. The SMILES string of the molecule is CC[C@H](Oc1ccc(C(F)(F)F)c(F)c1)C(=O)ONc1ccc(F)cc1F. The number of anilines is 1. The molecule has 146 valence electrons. The Kier molecular flexibility index (Phi) is 6.19. The Morgan fingerprint density at radius 3 is 2.33 bits per heavy atom. The quantitative estimate of drug-likeness (QED) is 0.563. The van der Waals surface area contributed by atoms with Crippen molar-refractivity contribution >= 4 is 11.7 Å². The monoisotopic (exact) mass is 393 g/mol. The predicted octanol–water partition coefficient (Wildman–Crippen LogP) is 4.85. The van der Waals surface area contributed by atoms with E-state index < -0.39 is 41.3 Å². The molecule has 0 aliphatic rings. The van der Waals surface area contributed by atoms with Gasteiger partial charge in [-0.15, -0.1) is 0 Å². The second-order valence-electron chi connectivity index (χ2n) is 5.30. The number of halogens is 6. The molecule has 4 nitrogen and oxygen atoms in total. The highest BCUT2D eigenvalue weighted by atomic mass is 19.4. The number of alkyl halides is 3. The number of hydrogen-bond acceptors (Lipinski definition) is 4. The Morgan fingerprint density at radius 1 is 1.07 bits per heavy atom. The molecule has 27 heavy (non-hydrogen) atoms. The summed E-state index contributed by atoms with van der Waals surface area (Å²) in [5, 5.41) is 0. The first-order chi connectivity index (χ1) is 12.6. The van der Waals surface area contributed by atoms with Crippen LogP contribution >= 0.6 is 0 Å². The maximum absolute atomic E-state index is 13.5. The molecule has 2 aromatic carbocycles. The second kappa shape index (κ2) is 8.19. The average molecular weight is 393 g/mol. The molecule has 2 rings (SSSR count). The average Bonchev–Trinajstić information content (AvgIpc) is 2.57. The molecule has 0 spiro atoms. The minimum absolute atomic E-state index is 0.0229. The van der Waals surface area contributed by atoms with E-state index in [0.29, 0.717) is 18.2 Å². The van der Waals surface area contributed by atoms with Gasteiger partial charge in [-0.25, -0.2) is 23.4 Å². The van der Waals surface area contributed by atoms with Crippen molar-refractivity contribution in [3.05, 3.63) is 59.4 Å². The van der Waals surface area contributed by atoms with Crippen LogP contribution in [0.15, 0.2) is 36.4 Å². The summed E-state index contributed by atoms with van der Waals surface area (Å²) in [6.07, 6.45) is -6.15. The summed E-state index contributed by atoms with van der Waals surface area (Å²) >= 11 is 0. The van der Waals surface area contributed by atoms with Crippen molar-refractivity contribution < 1.29 is 40.7 Å². The van der Waals surface area contributed by atoms with E-state index in [9.17, 15) is 31.1 Å². The molecule has 0 aromatic heterocycles. The van der Waals surface area contributed by atoms with E-state index in [4.69, 9.17) is 4.74 Å². The summed E-state index contributed by atoms with van der Waals surface area (Å²) in [5.41, 5.74) is 0.194. The van der Waals surface area contributed by atoms with Crippen molar-refractivity contribution in [2.45, 2.75) is 25.6 Å². The zero-order valence-electron chi connectivity index (χ0n) is 13.7. The van der Waals surface area contributed by atoms with Crippen LogP contribution in [-0.4, -0.2) is 12.1 Å². The van der Waals surface area contributed by atoms with E-state index in [-0.39, 0.29) is 17.9 Å². The van der Waals surface area contributed by atoms with Gasteiger partial charge in [-0.3, -0.25) is 0 Å². The van der Waals surface area contributed by atoms with Gasteiger partial charge in [-0.1, -0.05) is 6.92 Å². The molecule has 1 atom stereocenters. The molecule has 0 aliphatic heterocycles. The lowest BCUT2D eigenvalue weighted by atomic mass is 10.2. The van der Waals surface area contributed by atoms with Gasteiger partial charge in [-0.05, 0) is 30.7 Å². The standard InChI is InChI=1S/C17H13F6NO3/c1-2-15(16(25)27-24-14-6-3-9(18)7-13(14)20)26-10-4-5-11(12(19)8-10)17(21,22)23/h3-8,15,24H,2H2,1H3/t15-/m0/s1. The van der Waals surface area contributed by atoms with Crippen LogP contribution in [0.1, 0.15) is 18.9 Å². The van der Waals surface area contributed by atoms with Crippen molar-refractivity contribution in [3.63, 3.8) is 0 Å². The second-order valence-corrected chi connectivity index (χ2v) is 5.30. The van der Waals surface area contributed by atoms with Crippen molar-refractivity contribution in [2.24, 2.45) is 0 Å². The lowest BCUT2D eigenvalue weighted by molar-refractivity contribution is -0.149. The van der Waals surface area contributed by atoms with Gasteiger partial charge in [0.2, 0.25) is 0 Å². The van der Waals surface area contributed by atoms with E-state index in [0.717, 1.165) is 18.2 Å². The lowest BCUT2D eigenvalue weighted by Gasteiger charge is -2.17. The topological polar surface area (TPSA) is 47.6 Å². The van der Waals surface area contributed by atoms with Gasteiger partial charge in [0.1, 0.15) is 23.1 Å². The number of nitrogens with one attached hydrogen (secondary N) is 1. The molecule has 0 amide bonds. The summed E-state index contributed by atoms with van der Waals surface area (Å²) in [6, 6.07) is 4.31. The zero-order valence-corrected chi connectivity index (χ0v) is 13.7. The third-order valence-electron chi connectivity index (χ3n) is 3.35. The van der Waals surface area contributed by atoms with Crippen molar-refractivity contribution in [1.29, 1.82) is 0 Å². The molecule has 0 aliphatic carbocycles. The Balaban J connectivity index is 2.03. The smallest absolute Gasteiger partial charge is 0.419 e. The highest BCUT2D eigenvalue weighted by Crippen LogP contribution is 2.33. The van der Waals surface area contributed by atoms with Gasteiger partial charge in [0.15, 0.2) is 11.9 Å². The van der Waals surface area contributed by atoms with Crippen LogP contribution in [0.25, 0.3) is 0 Å². The highest BCUT2D eigenvalue weighted by Gasteiger charge is 2.34. The summed E-state index contributed by atoms with van der Waals surface area (Å²) < 4.78 is 82.6. The van der Waals surface area contributed by atoms with Crippen LogP contribution in [0.5, 0.6) is 5.75 Å². The fraction of sp³-hybridized carbons (Fsp3) is 0.235. The largest absolute Gasteiger partial charge is 0.479 e. The van der Waals surface area contributed by atoms with Gasteiger partial charge >= 0.3 is 12.1 Å². The molecule has 0 radical (unpaired) electrons. The molecule has 0 saturated heterocycles. The number of carbonyl (C=O) groups excluding carboxylic acids is 1. The molecule has 0 saturated carbocycles. The summed E-state index contributed by atoms with van der Waals surface area (Å²) in [7, 11) is 0. The van der Waals surface area contributed by atoms with E-state index >= 15 is 0 Å². The van der Waals surface area contributed by atoms with Crippen LogP contribution < -0.4 is 10.2 Å². The molecular formula is C17H13F6NO3. The highest BCUT2D eigenvalue weighted by molar-refractivity contribution is 5.76. The van der Waals surface area contributed by atoms with Crippen LogP contribution in [-0.2, 0) is 15.8 Å². The third-order valence-corrected chi connectivity index (χ3v) is 3.35. The maximum atomic E-state index is 13.5. The molecule has 0 fully saturated rings. The maximum Gasteiger partial charge on any atom is 0.419 e. The zero-order chi connectivity index (χ0) is 20.2. The van der Waals surface area contributed by atoms with Gasteiger partial charge < -0.3 is 9.57 Å². The fourth-order valence-corrected chi connectivity index (χ4v) is 2.00. The number of carbonyl (C=O) groups is 1. The number of hydrogen-bond donors (Lipinski definition) is 1. The number of rotatable bonds is 6. The van der Waals surface area contributed by atoms with Crippen LogP contribution in [0.2, 0.25) is 0 Å². The van der Waals surface area contributed by atoms with Gasteiger partial charge in [-0.2, -0.15) is 13.2 Å². The summed E-state index contributed by atoms with van der Waals surface area (Å²) in [5.74, 6) is -4.77. The van der Waals surface area contributed by atoms with Gasteiger partial charge in [0.05, 0.1) is 5.56 Å². The molecule has 0 heterocycles. The Hall–Kier alpha value is -2.91. The number of benzene rings is 2. The Labute approximate surface area is 149 Å². The first-order valence-corrected chi connectivity index (χ1v) is 7.57.